The van der Waals surface area contributed by atoms with E-state index >= 15 is 0 Å². The minimum Gasteiger partial charge on any atom is -0.474 e. The molecule has 0 saturated carbocycles. The third-order valence-electron chi connectivity index (χ3n) is 1.84. The number of rotatable bonds is 4. The molecule has 0 fully saturated rings. The van der Waals surface area contributed by atoms with Crippen molar-refractivity contribution in [1.29, 1.82) is 0 Å². The minimum atomic E-state index is -0.484. The zero-order chi connectivity index (χ0) is 13.6. The van der Waals surface area contributed by atoms with E-state index in [1.807, 2.05) is 20.8 Å². The van der Waals surface area contributed by atoms with Crippen molar-refractivity contribution in [2.75, 3.05) is 13.2 Å². The Morgan fingerprint density at radius 2 is 2.28 bits per heavy atom. The molecule has 3 N–H and O–H groups in total. The Labute approximate surface area is 106 Å². The van der Waals surface area contributed by atoms with Gasteiger partial charge in [0.25, 0.3) is 0 Å². The van der Waals surface area contributed by atoms with E-state index < -0.39 is 5.82 Å². The van der Waals surface area contributed by atoms with Gasteiger partial charge in [-0.3, -0.25) is 0 Å². The molecular formula is C12H19FN4O. The largest absolute Gasteiger partial charge is 0.474 e. The monoisotopic (exact) mass is 254 g/mol. The first-order valence-corrected chi connectivity index (χ1v) is 5.70. The Morgan fingerprint density at radius 1 is 1.56 bits per heavy atom. The SMILES string of the molecule is CC(C)(C)NC(N)=NCCOc1ncccc1F. The molecule has 0 atom stereocenters. The van der Waals surface area contributed by atoms with Crippen LogP contribution < -0.4 is 15.8 Å². The van der Waals surface area contributed by atoms with E-state index in [-0.39, 0.29) is 18.0 Å². The maximum atomic E-state index is 13.1. The van der Waals surface area contributed by atoms with Gasteiger partial charge >= 0.3 is 0 Å². The predicted molar refractivity (Wildman–Crippen MR) is 69.1 cm³/mol. The Hall–Kier alpha value is -1.85. The molecule has 1 aromatic rings. The third kappa shape index (κ3) is 5.47. The Bertz CT molecular complexity index is 415. The average Bonchev–Trinajstić information content (AvgIpc) is 2.24. The highest BCUT2D eigenvalue weighted by molar-refractivity contribution is 5.78. The molecule has 0 bridgehead atoms. The highest BCUT2D eigenvalue weighted by Crippen LogP contribution is 2.10. The van der Waals surface area contributed by atoms with Gasteiger partial charge in [0.2, 0.25) is 5.88 Å². The molecule has 0 spiro atoms. The summed E-state index contributed by atoms with van der Waals surface area (Å²) in [6, 6.07) is 2.80. The van der Waals surface area contributed by atoms with Crippen LogP contribution >= 0.6 is 0 Å². The summed E-state index contributed by atoms with van der Waals surface area (Å²) in [5.74, 6) is -0.162. The average molecular weight is 254 g/mol. The van der Waals surface area contributed by atoms with Crippen LogP contribution in [0.1, 0.15) is 20.8 Å². The van der Waals surface area contributed by atoms with E-state index in [1.54, 1.807) is 0 Å². The van der Waals surface area contributed by atoms with Crippen LogP contribution in [0.5, 0.6) is 5.88 Å². The number of nitrogens with one attached hydrogen (secondary N) is 1. The topological polar surface area (TPSA) is 72.5 Å². The fourth-order valence-corrected chi connectivity index (χ4v) is 1.21. The smallest absolute Gasteiger partial charge is 0.250 e. The molecule has 0 amide bonds. The second kappa shape index (κ2) is 6.18. The first-order valence-electron chi connectivity index (χ1n) is 5.70. The summed E-state index contributed by atoms with van der Waals surface area (Å²) in [5, 5.41) is 3.01. The van der Waals surface area contributed by atoms with Gasteiger partial charge in [-0.15, -0.1) is 0 Å². The van der Waals surface area contributed by atoms with Crippen molar-refractivity contribution in [3.05, 3.63) is 24.1 Å². The van der Waals surface area contributed by atoms with E-state index in [4.69, 9.17) is 10.5 Å². The molecule has 0 saturated heterocycles. The number of ether oxygens (including phenoxy) is 1. The van der Waals surface area contributed by atoms with E-state index in [2.05, 4.69) is 15.3 Å². The van der Waals surface area contributed by atoms with Gasteiger partial charge in [0, 0.05) is 11.7 Å². The number of halogens is 1. The molecular weight excluding hydrogens is 235 g/mol. The molecule has 1 heterocycles. The number of hydrogen-bond acceptors (Lipinski definition) is 3. The number of pyridine rings is 1. The van der Waals surface area contributed by atoms with E-state index in [0.717, 1.165) is 0 Å². The normalized spacial score (nSPS) is 12.3. The quantitative estimate of drug-likeness (QED) is 0.482. The van der Waals surface area contributed by atoms with Crippen molar-refractivity contribution >= 4 is 5.96 Å². The summed E-state index contributed by atoms with van der Waals surface area (Å²) in [6.45, 7) is 6.50. The summed E-state index contributed by atoms with van der Waals surface area (Å²) in [5.41, 5.74) is 5.53. The second-order valence-corrected chi connectivity index (χ2v) is 4.78. The molecule has 0 aliphatic carbocycles. The fraction of sp³-hybridized carbons (Fsp3) is 0.500. The van der Waals surface area contributed by atoms with E-state index in [1.165, 1.54) is 18.3 Å². The van der Waals surface area contributed by atoms with Gasteiger partial charge in [0.15, 0.2) is 11.8 Å². The van der Waals surface area contributed by atoms with Crippen molar-refractivity contribution < 1.29 is 9.13 Å². The van der Waals surface area contributed by atoms with E-state index in [0.29, 0.717) is 12.5 Å². The van der Waals surface area contributed by atoms with Crippen LogP contribution in [0.15, 0.2) is 23.3 Å². The molecule has 0 aliphatic heterocycles. The van der Waals surface area contributed by atoms with Crippen LogP contribution in [0.4, 0.5) is 4.39 Å². The molecule has 1 aromatic heterocycles. The Kier molecular flexibility index (Phi) is 4.88. The van der Waals surface area contributed by atoms with Crippen LogP contribution in [-0.2, 0) is 0 Å². The molecule has 0 unspecified atom stereocenters. The lowest BCUT2D eigenvalue weighted by Crippen LogP contribution is -2.45. The summed E-state index contributed by atoms with van der Waals surface area (Å²) < 4.78 is 18.3. The van der Waals surface area contributed by atoms with Crippen molar-refractivity contribution in [3.63, 3.8) is 0 Å². The number of aliphatic imine (C=N–C) groups is 1. The molecule has 0 aromatic carbocycles. The number of nitrogens with two attached hydrogens (primary N) is 1. The first-order chi connectivity index (χ1) is 8.38. The second-order valence-electron chi connectivity index (χ2n) is 4.78. The van der Waals surface area contributed by atoms with E-state index in [9.17, 15) is 4.39 Å². The van der Waals surface area contributed by atoms with Gasteiger partial charge in [-0.2, -0.15) is 0 Å². The standard InChI is InChI=1S/C12H19FN4O/c1-12(2,3)17-11(14)16-7-8-18-10-9(13)5-4-6-15-10/h4-6H,7-8H2,1-3H3,(H3,14,16,17). The van der Waals surface area contributed by atoms with Crippen molar-refractivity contribution in [3.8, 4) is 5.88 Å². The van der Waals surface area contributed by atoms with Gasteiger partial charge in [0.1, 0.15) is 6.61 Å². The van der Waals surface area contributed by atoms with Crippen molar-refractivity contribution in [2.24, 2.45) is 10.7 Å². The number of hydrogen-bond donors (Lipinski definition) is 2. The van der Waals surface area contributed by atoms with Crippen LogP contribution in [0, 0.1) is 5.82 Å². The lowest BCUT2D eigenvalue weighted by atomic mass is 10.1. The van der Waals surface area contributed by atoms with Crippen LogP contribution in [0.3, 0.4) is 0 Å². The minimum absolute atomic E-state index is 0.0185. The van der Waals surface area contributed by atoms with Gasteiger partial charge in [-0.1, -0.05) is 0 Å². The number of guanidine groups is 1. The summed E-state index contributed by atoms with van der Waals surface area (Å²) in [7, 11) is 0. The van der Waals surface area contributed by atoms with Crippen LogP contribution in [-0.4, -0.2) is 29.6 Å². The Balaban J connectivity index is 2.35. The number of nitrogens with zero attached hydrogens (tertiary/aromatic N) is 2. The van der Waals surface area contributed by atoms with Gasteiger partial charge < -0.3 is 15.8 Å². The van der Waals surface area contributed by atoms with Crippen LogP contribution in [0.2, 0.25) is 0 Å². The molecule has 100 valence electrons. The van der Waals surface area contributed by atoms with Crippen molar-refractivity contribution in [2.45, 2.75) is 26.3 Å². The molecule has 5 nitrogen and oxygen atoms in total. The van der Waals surface area contributed by atoms with Gasteiger partial charge in [-0.05, 0) is 32.9 Å². The molecule has 6 heteroatoms. The predicted octanol–water partition coefficient (Wildman–Crippen LogP) is 1.30. The lowest BCUT2D eigenvalue weighted by molar-refractivity contribution is 0.298. The zero-order valence-corrected chi connectivity index (χ0v) is 10.9. The first kappa shape index (κ1) is 14.2. The number of aromatic nitrogens is 1. The Morgan fingerprint density at radius 3 is 2.89 bits per heavy atom. The molecule has 0 aliphatic rings. The lowest BCUT2D eigenvalue weighted by Gasteiger charge is -2.20. The summed E-state index contributed by atoms with van der Waals surface area (Å²) in [4.78, 5) is 7.82. The summed E-state index contributed by atoms with van der Waals surface area (Å²) in [6.07, 6.45) is 1.47. The zero-order valence-electron chi connectivity index (χ0n) is 10.9. The highest BCUT2D eigenvalue weighted by Gasteiger charge is 2.09. The molecule has 0 radical (unpaired) electrons. The molecule has 18 heavy (non-hydrogen) atoms. The van der Waals surface area contributed by atoms with Gasteiger partial charge in [0.05, 0.1) is 6.54 Å². The molecule has 1 rings (SSSR count). The maximum Gasteiger partial charge on any atom is 0.250 e. The highest BCUT2D eigenvalue weighted by atomic mass is 19.1. The summed E-state index contributed by atoms with van der Waals surface area (Å²) >= 11 is 0. The third-order valence-corrected chi connectivity index (χ3v) is 1.84. The van der Waals surface area contributed by atoms with Crippen molar-refractivity contribution in [1.82, 2.24) is 10.3 Å². The van der Waals surface area contributed by atoms with Gasteiger partial charge in [-0.25, -0.2) is 14.4 Å². The fourth-order valence-electron chi connectivity index (χ4n) is 1.21. The maximum absolute atomic E-state index is 13.1. The van der Waals surface area contributed by atoms with Crippen LogP contribution in [0.25, 0.3) is 0 Å².